The molecule has 31 heavy (non-hydrogen) atoms. The Balaban J connectivity index is 1.74. The van der Waals surface area contributed by atoms with Crippen LogP contribution in [0.2, 0.25) is 0 Å². The smallest absolute Gasteiger partial charge is 0.121 e. The predicted molar refractivity (Wildman–Crippen MR) is 134 cm³/mol. The van der Waals surface area contributed by atoms with Crippen molar-refractivity contribution in [3.63, 3.8) is 0 Å². The van der Waals surface area contributed by atoms with Crippen LogP contribution in [0, 0.1) is 38.5 Å². The highest BCUT2D eigenvalue weighted by atomic mass is 16.5. The first-order valence-electron chi connectivity index (χ1n) is 13.0. The van der Waals surface area contributed by atoms with Gasteiger partial charge in [0.1, 0.15) is 5.75 Å². The van der Waals surface area contributed by atoms with Gasteiger partial charge in [-0.15, -0.1) is 0 Å². The van der Waals surface area contributed by atoms with E-state index in [1.807, 2.05) is 6.92 Å². The van der Waals surface area contributed by atoms with E-state index in [1.165, 1.54) is 55.2 Å². The minimum absolute atomic E-state index is 0.0712. The van der Waals surface area contributed by atoms with Gasteiger partial charge in [-0.25, -0.2) is 0 Å². The van der Waals surface area contributed by atoms with E-state index in [0.717, 1.165) is 61.2 Å². The van der Waals surface area contributed by atoms with Gasteiger partial charge < -0.3 is 9.84 Å². The predicted octanol–water partition coefficient (Wildman–Crippen LogP) is 8.24. The molecule has 1 aromatic rings. The van der Waals surface area contributed by atoms with Gasteiger partial charge in [0, 0.05) is 13.0 Å². The Morgan fingerprint density at radius 1 is 0.806 bits per heavy atom. The second kappa shape index (κ2) is 11.7. The molecule has 2 nitrogen and oxygen atoms in total. The molecule has 0 saturated carbocycles. The topological polar surface area (TPSA) is 29.5 Å². The van der Waals surface area contributed by atoms with Gasteiger partial charge in [0.05, 0.1) is 5.60 Å². The van der Waals surface area contributed by atoms with Crippen LogP contribution in [-0.2, 0) is 17.6 Å². The zero-order valence-electron chi connectivity index (χ0n) is 21.9. The molecule has 0 aliphatic heterocycles. The van der Waals surface area contributed by atoms with E-state index in [2.05, 4.69) is 48.5 Å². The van der Waals surface area contributed by atoms with Crippen LogP contribution in [0.5, 0.6) is 5.75 Å². The number of aromatic hydroxyl groups is 1. The fourth-order valence-corrected chi connectivity index (χ4v) is 5.32. The van der Waals surface area contributed by atoms with Crippen molar-refractivity contribution in [3.8, 4) is 5.75 Å². The number of benzene rings is 1. The Morgan fingerprint density at radius 3 is 2.00 bits per heavy atom. The van der Waals surface area contributed by atoms with Crippen molar-refractivity contribution in [1.82, 2.24) is 0 Å². The van der Waals surface area contributed by atoms with Gasteiger partial charge in [0.15, 0.2) is 0 Å². The van der Waals surface area contributed by atoms with Crippen molar-refractivity contribution in [2.75, 3.05) is 6.61 Å². The molecule has 0 amide bonds. The van der Waals surface area contributed by atoms with Gasteiger partial charge in [0.25, 0.3) is 0 Å². The number of phenolic OH excluding ortho intramolecular Hbond substituents is 1. The SMILES string of the molecule is Cc1c(C)c2c(c(C)c1O)CC[C@@](C)(OCC[C@H](C)CCC[C@H](C)CCCC(C)C)C2. The van der Waals surface area contributed by atoms with E-state index in [-0.39, 0.29) is 5.60 Å². The maximum absolute atomic E-state index is 10.4. The lowest BCUT2D eigenvalue weighted by atomic mass is 9.76. The first-order chi connectivity index (χ1) is 14.5. The maximum atomic E-state index is 10.4. The molecule has 0 spiro atoms. The third-order valence-electron chi connectivity index (χ3n) is 7.93. The third kappa shape index (κ3) is 7.52. The van der Waals surface area contributed by atoms with Crippen molar-refractivity contribution in [2.45, 2.75) is 125 Å². The summed E-state index contributed by atoms with van der Waals surface area (Å²) in [7, 11) is 0. The van der Waals surface area contributed by atoms with Crippen molar-refractivity contribution in [2.24, 2.45) is 17.8 Å². The van der Waals surface area contributed by atoms with Gasteiger partial charge in [-0.1, -0.05) is 66.2 Å². The number of ether oxygens (including phenoxy) is 1. The minimum Gasteiger partial charge on any atom is -0.507 e. The molecular formula is C29H50O2. The summed E-state index contributed by atoms with van der Waals surface area (Å²) < 4.78 is 6.50. The standard InChI is InChI=1S/C29H50O2/c1-20(2)11-9-12-21(3)13-10-14-22(4)16-18-31-29(8)17-15-26-25(7)28(30)24(6)23(5)27(26)19-29/h20-22,30H,9-19H2,1-8H3/t21-,22-,29-/m1/s1. The molecule has 0 fully saturated rings. The summed E-state index contributed by atoms with van der Waals surface area (Å²) in [5, 5.41) is 10.4. The number of fused-ring (bicyclic) bond motifs is 1. The van der Waals surface area contributed by atoms with E-state index < -0.39 is 0 Å². The van der Waals surface area contributed by atoms with E-state index in [4.69, 9.17) is 4.74 Å². The lowest BCUT2D eigenvalue weighted by Crippen LogP contribution is -2.37. The molecular weight excluding hydrogens is 380 g/mol. The lowest BCUT2D eigenvalue weighted by molar-refractivity contribution is -0.0458. The molecule has 0 saturated heterocycles. The molecule has 0 aromatic heterocycles. The van der Waals surface area contributed by atoms with Crippen LogP contribution in [0.25, 0.3) is 0 Å². The van der Waals surface area contributed by atoms with Crippen molar-refractivity contribution in [3.05, 3.63) is 27.8 Å². The van der Waals surface area contributed by atoms with Crippen LogP contribution >= 0.6 is 0 Å². The van der Waals surface area contributed by atoms with Crippen LogP contribution in [0.4, 0.5) is 0 Å². The minimum atomic E-state index is -0.0712. The quantitative estimate of drug-likeness (QED) is 0.362. The summed E-state index contributed by atoms with van der Waals surface area (Å²) in [5.74, 6) is 2.95. The number of hydrogen-bond donors (Lipinski definition) is 1. The Bertz CT molecular complexity index is 705. The molecule has 178 valence electrons. The molecule has 3 atom stereocenters. The summed E-state index contributed by atoms with van der Waals surface area (Å²) in [6.07, 6.45) is 12.4. The Morgan fingerprint density at radius 2 is 1.39 bits per heavy atom. The van der Waals surface area contributed by atoms with Crippen LogP contribution in [0.1, 0.15) is 114 Å². The molecule has 0 heterocycles. The zero-order chi connectivity index (χ0) is 23.2. The maximum Gasteiger partial charge on any atom is 0.121 e. The molecule has 2 rings (SSSR count). The molecule has 0 bridgehead atoms. The molecule has 1 aliphatic carbocycles. The van der Waals surface area contributed by atoms with Crippen molar-refractivity contribution in [1.29, 1.82) is 0 Å². The number of rotatable bonds is 12. The summed E-state index contributed by atoms with van der Waals surface area (Å²) in [5.41, 5.74) is 6.07. The molecule has 2 heteroatoms. The fourth-order valence-electron chi connectivity index (χ4n) is 5.32. The van der Waals surface area contributed by atoms with Crippen molar-refractivity contribution < 1.29 is 9.84 Å². The van der Waals surface area contributed by atoms with E-state index >= 15 is 0 Å². The average molecular weight is 431 g/mol. The monoisotopic (exact) mass is 430 g/mol. The molecule has 1 aliphatic rings. The molecule has 0 radical (unpaired) electrons. The molecule has 1 N–H and O–H groups in total. The van der Waals surface area contributed by atoms with Gasteiger partial charge in [-0.3, -0.25) is 0 Å². The first-order valence-corrected chi connectivity index (χ1v) is 13.0. The Kier molecular flexibility index (Phi) is 9.93. The highest BCUT2D eigenvalue weighted by Crippen LogP contribution is 2.40. The van der Waals surface area contributed by atoms with Gasteiger partial charge in [-0.2, -0.15) is 0 Å². The number of phenols is 1. The normalized spacial score (nSPS) is 20.7. The summed E-state index contributed by atoms with van der Waals surface area (Å²) in [6.45, 7) is 18.9. The van der Waals surface area contributed by atoms with Gasteiger partial charge in [0.2, 0.25) is 0 Å². The van der Waals surface area contributed by atoms with E-state index in [1.54, 1.807) is 0 Å². The van der Waals surface area contributed by atoms with E-state index in [9.17, 15) is 5.11 Å². The summed E-state index contributed by atoms with van der Waals surface area (Å²) >= 11 is 0. The van der Waals surface area contributed by atoms with Crippen molar-refractivity contribution >= 4 is 0 Å². The lowest BCUT2D eigenvalue weighted by Gasteiger charge is -2.37. The first kappa shape index (κ1) is 26.2. The van der Waals surface area contributed by atoms with Crippen LogP contribution < -0.4 is 0 Å². The Hall–Kier alpha value is -1.02. The Labute approximate surface area is 193 Å². The highest BCUT2D eigenvalue weighted by Gasteiger charge is 2.33. The van der Waals surface area contributed by atoms with Gasteiger partial charge >= 0.3 is 0 Å². The highest BCUT2D eigenvalue weighted by molar-refractivity contribution is 5.55. The molecule has 0 unspecified atom stereocenters. The summed E-state index contributed by atoms with van der Waals surface area (Å²) in [4.78, 5) is 0. The molecule has 1 aromatic carbocycles. The zero-order valence-corrected chi connectivity index (χ0v) is 21.9. The number of hydrogen-bond acceptors (Lipinski definition) is 2. The second-order valence-electron chi connectivity index (χ2n) is 11.4. The summed E-state index contributed by atoms with van der Waals surface area (Å²) in [6, 6.07) is 0. The largest absolute Gasteiger partial charge is 0.507 e. The second-order valence-corrected chi connectivity index (χ2v) is 11.4. The fraction of sp³-hybridized carbons (Fsp3) is 0.793. The van der Waals surface area contributed by atoms with Gasteiger partial charge in [-0.05, 0) is 92.5 Å². The van der Waals surface area contributed by atoms with Crippen LogP contribution in [-0.4, -0.2) is 17.3 Å². The average Bonchev–Trinajstić information content (AvgIpc) is 2.70. The van der Waals surface area contributed by atoms with Crippen LogP contribution in [0.3, 0.4) is 0 Å². The van der Waals surface area contributed by atoms with E-state index in [0.29, 0.717) is 5.75 Å². The van der Waals surface area contributed by atoms with Crippen LogP contribution in [0.15, 0.2) is 0 Å². The third-order valence-corrected chi connectivity index (χ3v) is 7.93.